The van der Waals surface area contributed by atoms with E-state index in [0.717, 1.165) is 18.7 Å². The van der Waals surface area contributed by atoms with Gasteiger partial charge in [-0.05, 0) is 30.2 Å². The van der Waals surface area contributed by atoms with Crippen LogP contribution in [0, 0.1) is 0 Å². The minimum Gasteiger partial charge on any atom is -0.384 e. The number of aryl methyl sites for hydroxylation is 1. The number of halogens is 1. The molecule has 20 heavy (non-hydrogen) atoms. The van der Waals surface area contributed by atoms with Crippen LogP contribution in [0.3, 0.4) is 0 Å². The average molecular weight is 295 g/mol. The van der Waals surface area contributed by atoms with E-state index < -0.39 is 0 Å². The highest BCUT2D eigenvalue weighted by Crippen LogP contribution is 2.03. The van der Waals surface area contributed by atoms with Crippen molar-refractivity contribution in [2.75, 3.05) is 18.4 Å². The fraction of sp³-hybridized carbons (Fsp3) is 0.333. The molecule has 0 aliphatic rings. The van der Waals surface area contributed by atoms with Crippen molar-refractivity contribution in [3.63, 3.8) is 0 Å². The van der Waals surface area contributed by atoms with Gasteiger partial charge in [0.05, 0.1) is 5.69 Å². The Morgan fingerprint density at radius 3 is 2.95 bits per heavy atom. The highest BCUT2D eigenvalue weighted by molar-refractivity contribution is 6.28. The van der Waals surface area contributed by atoms with Crippen LogP contribution in [0.15, 0.2) is 24.5 Å². The molecule has 0 fully saturated rings. The molecule has 0 saturated carbocycles. The first-order chi connectivity index (χ1) is 9.66. The van der Waals surface area contributed by atoms with Crippen LogP contribution in [0.2, 0.25) is 5.28 Å². The maximum Gasteiger partial charge on any atom is 0.291 e. The lowest BCUT2D eigenvalue weighted by molar-refractivity contribution is 0.0943. The molecule has 0 aliphatic heterocycles. The van der Waals surface area contributed by atoms with Gasteiger partial charge in [0, 0.05) is 32.5 Å². The van der Waals surface area contributed by atoms with Gasteiger partial charge in [-0.25, -0.2) is 4.68 Å². The Balaban J connectivity index is 1.67. The predicted octanol–water partition coefficient (Wildman–Crippen LogP) is 1.10. The second-order valence-corrected chi connectivity index (χ2v) is 4.44. The van der Waals surface area contributed by atoms with Crippen molar-refractivity contribution < 1.29 is 4.79 Å². The van der Waals surface area contributed by atoms with Crippen LogP contribution in [-0.4, -0.2) is 38.7 Å². The van der Waals surface area contributed by atoms with E-state index in [0.29, 0.717) is 6.54 Å². The molecule has 0 saturated heterocycles. The largest absolute Gasteiger partial charge is 0.384 e. The molecule has 0 aromatic carbocycles. The Labute approximate surface area is 121 Å². The summed E-state index contributed by atoms with van der Waals surface area (Å²) in [4.78, 5) is 19.5. The molecule has 106 valence electrons. The monoisotopic (exact) mass is 294 g/mol. The van der Waals surface area contributed by atoms with Crippen molar-refractivity contribution in [2.24, 2.45) is 7.05 Å². The van der Waals surface area contributed by atoms with Gasteiger partial charge in [-0.15, -0.1) is 5.10 Å². The van der Waals surface area contributed by atoms with E-state index in [4.69, 9.17) is 11.6 Å². The third-order valence-electron chi connectivity index (χ3n) is 2.54. The number of aromatic nitrogens is 4. The number of carbonyl (C=O) groups excluding carboxylic acids is 1. The Bertz CT molecular complexity index is 551. The first kappa shape index (κ1) is 14.3. The predicted molar refractivity (Wildman–Crippen MR) is 75.7 cm³/mol. The zero-order valence-corrected chi connectivity index (χ0v) is 11.8. The Kier molecular flexibility index (Phi) is 4.89. The lowest BCUT2D eigenvalue weighted by Crippen LogP contribution is -2.27. The molecule has 0 bridgehead atoms. The molecule has 2 N–H and O–H groups in total. The minimum absolute atomic E-state index is 0.0812. The second-order valence-electron chi connectivity index (χ2n) is 4.11. The van der Waals surface area contributed by atoms with Crippen LogP contribution in [0.5, 0.6) is 0 Å². The lowest BCUT2D eigenvalue weighted by atomic mass is 10.3. The van der Waals surface area contributed by atoms with Crippen molar-refractivity contribution in [3.8, 4) is 0 Å². The number of rotatable bonds is 6. The topological polar surface area (TPSA) is 84.7 Å². The van der Waals surface area contributed by atoms with Crippen LogP contribution >= 0.6 is 11.6 Å². The van der Waals surface area contributed by atoms with Gasteiger partial charge in [0.2, 0.25) is 11.1 Å². The summed E-state index contributed by atoms with van der Waals surface area (Å²) >= 11 is 5.72. The van der Waals surface area contributed by atoms with E-state index in [1.165, 1.54) is 4.68 Å². The van der Waals surface area contributed by atoms with E-state index in [2.05, 4.69) is 25.7 Å². The van der Waals surface area contributed by atoms with Gasteiger partial charge in [0.25, 0.3) is 5.91 Å². The molecule has 0 spiro atoms. The summed E-state index contributed by atoms with van der Waals surface area (Å²) in [6, 6.07) is 3.80. The molecule has 2 aromatic rings. The zero-order chi connectivity index (χ0) is 14.4. The molecule has 2 heterocycles. The van der Waals surface area contributed by atoms with Crippen LogP contribution in [-0.2, 0) is 7.05 Å². The van der Waals surface area contributed by atoms with Crippen LogP contribution < -0.4 is 10.6 Å². The highest BCUT2D eigenvalue weighted by atomic mass is 35.5. The molecular formula is C12H15ClN6O. The Hall–Kier alpha value is -2.15. The molecular weight excluding hydrogens is 280 g/mol. The summed E-state index contributed by atoms with van der Waals surface area (Å²) in [5.41, 5.74) is 0.956. The minimum atomic E-state index is -0.325. The van der Waals surface area contributed by atoms with Crippen LogP contribution in [0.25, 0.3) is 0 Å². The summed E-state index contributed by atoms with van der Waals surface area (Å²) in [6.07, 6.45) is 4.25. The number of nitrogens with one attached hydrogen (secondary N) is 2. The maximum absolute atomic E-state index is 11.7. The van der Waals surface area contributed by atoms with E-state index in [1.807, 2.05) is 12.1 Å². The number of hydrogen-bond acceptors (Lipinski definition) is 5. The number of anilines is 1. The summed E-state index contributed by atoms with van der Waals surface area (Å²) in [6.45, 7) is 1.27. The normalized spacial score (nSPS) is 10.3. The fourth-order valence-corrected chi connectivity index (χ4v) is 1.65. The lowest BCUT2D eigenvalue weighted by Gasteiger charge is -2.05. The zero-order valence-electron chi connectivity index (χ0n) is 11.0. The van der Waals surface area contributed by atoms with E-state index in [1.54, 1.807) is 19.4 Å². The van der Waals surface area contributed by atoms with Gasteiger partial charge < -0.3 is 10.6 Å². The Morgan fingerprint density at radius 1 is 1.45 bits per heavy atom. The van der Waals surface area contributed by atoms with Crippen LogP contribution in [0.4, 0.5) is 5.69 Å². The van der Waals surface area contributed by atoms with Crippen molar-refractivity contribution in [3.05, 3.63) is 35.6 Å². The molecule has 8 heteroatoms. The van der Waals surface area contributed by atoms with E-state index >= 15 is 0 Å². The van der Waals surface area contributed by atoms with Gasteiger partial charge in [-0.2, -0.15) is 4.98 Å². The van der Waals surface area contributed by atoms with Gasteiger partial charge in [-0.1, -0.05) is 0 Å². The van der Waals surface area contributed by atoms with Gasteiger partial charge in [-0.3, -0.25) is 9.78 Å². The van der Waals surface area contributed by atoms with Crippen molar-refractivity contribution in [1.82, 2.24) is 25.1 Å². The second kappa shape index (κ2) is 6.85. The first-order valence-electron chi connectivity index (χ1n) is 6.15. The van der Waals surface area contributed by atoms with Crippen molar-refractivity contribution >= 4 is 23.2 Å². The molecule has 2 rings (SSSR count). The molecule has 0 radical (unpaired) electrons. The standard InChI is InChI=1S/C12H15ClN6O/c1-19-12(13)17-10(18-19)11(20)16-7-3-6-15-9-4-2-5-14-8-9/h2,4-5,8,15H,3,6-7H2,1H3,(H,16,20). The summed E-state index contributed by atoms with van der Waals surface area (Å²) in [7, 11) is 1.63. The SMILES string of the molecule is Cn1nc(C(=O)NCCCNc2cccnc2)nc1Cl. The Morgan fingerprint density at radius 2 is 2.30 bits per heavy atom. The van der Waals surface area contributed by atoms with Crippen molar-refractivity contribution in [1.29, 1.82) is 0 Å². The summed E-state index contributed by atoms with van der Waals surface area (Å²) in [5, 5.41) is 10.0. The fourth-order valence-electron chi connectivity index (χ4n) is 1.53. The summed E-state index contributed by atoms with van der Waals surface area (Å²) in [5.74, 6) is -0.244. The van der Waals surface area contributed by atoms with Gasteiger partial charge in [0.15, 0.2) is 0 Å². The van der Waals surface area contributed by atoms with Gasteiger partial charge >= 0.3 is 0 Å². The number of hydrogen-bond donors (Lipinski definition) is 2. The molecule has 0 aliphatic carbocycles. The molecule has 0 unspecified atom stereocenters. The quantitative estimate of drug-likeness (QED) is 0.779. The number of pyridine rings is 1. The first-order valence-corrected chi connectivity index (χ1v) is 6.53. The van der Waals surface area contributed by atoms with E-state index in [-0.39, 0.29) is 17.0 Å². The number of carbonyl (C=O) groups is 1. The number of nitrogens with zero attached hydrogens (tertiary/aromatic N) is 4. The molecule has 7 nitrogen and oxygen atoms in total. The third kappa shape index (κ3) is 3.92. The number of amides is 1. The molecule has 2 aromatic heterocycles. The summed E-state index contributed by atoms with van der Waals surface area (Å²) < 4.78 is 1.35. The van der Waals surface area contributed by atoms with Crippen LogP contribution in [0.1, 0.15) is 17.0 Å². The highest BCUT2D eigenvalue weighted by Gasteiger charge is 2.12. The third-order valence-corrected chi connectivity index (χ3v) is 2.87. The van der Waals surface area contributed by atoms with Crippen molar-refractivity contribution in [2.45, 2.75) is 6.42 Å². The smallest absolute Gasteiger partial charge is 0.291 e. The molecule has 1 amide bonds. The van der Waals surface area contributed by atoms with E-state index in [9.17, 15) is 4.79 Å². The van der Waals surface area contributed by atoms with Gasteiger partial charge in [0.1, 0.15) is 0 Å². The average Bonchev–Trinajstić information content (AvgIpc) is 2.79. The molecule has 0 atom stereocenters. The maximum atomic E-state index is 11.7.